The lowest BCUT2D eigenvalue weighted by Crippen LogP contribution is -2.45. The van der Waals surface area contributed by atoms with Crippen molar-refractivity contribution in [3.05, 3.63) is 0 Å². The lowest BCUT2D eigenvalue weighted by molar-refractivity contribution is -0.143. The molecule has 0 heterocycles. The van der Waals surface area contributed by atoms with Crippen molar-refractivity contribution in [2.75, 3.05) is 0 Å². The number of aliphatic carboxylic acids is 1. The molecule has 0 aromatic rings. The van der Waals surface area contributed by atoms with Gasteiger partial charge in [0.2, 0.25) is 5.91 Å². The van der Waals surface area contributed by atoms with Crippen LogP contribution in [0.4, 0.5) is 0 Å². The van der Waals surface area contributed by atoms with E-state index in [1.54, 1.807) is 20.8 Å². The van der Waals surface area contributed by atoms with Crippen LogP contribution in [0.1, 0.15) is 27.2 Å². The number of nitrogens with one attached hydrogen (secondary N) is 1. The Morgan fingerprint density at radius 3 is 2.14 bits per heavy atom. The van der Waals surface area contributed by atoms with Crippen molar-refractivity contribution in [2.45, 2.75) is 39.3 Å². The Morgan fingerprint density at radius 2 is 1.86 bits per heavy atom. The zero-order valence-electron chi connectivity index (χ0n) is 8.78. The predicted octanol–water partition coefficient (Wildman–Crippen LogP) is -0.0509. The van der Waals surface area contributed by atoms with Crippen molar-refractivity contribution in [2.24, 2.45) is 11.7 Å². The summed E-state index contributed by atoms with van der Waals surface area (Å²) in [4.78, 5) is 21.9. The highest BCUT2D eigenvalue weighted by atomic mass is 16.4. The molecule has 0 fully saturated rings. The molecule has 5 nitrogen and oxygen atoms in total. The number of amides is 1. The molecule has 5 heteroatoms. The van der Waals surface area contributed by atoms with Crippen molar-refractivity contribution in [1.29, 1.82) is 0 Å². The van der Waals surface area contributed by atoms with Crippen LogP contribution in [-0.4, -0.2) is 29.1 Å². The minimum atomic E-state index is -1.02. The van der Waals surface area contributed by atoms with Crippen molar-refractivity contribution < 1.29 is 14.7 Å². The summed E-state index contributed by atoms with van der Waals surface area (Å²) < 4.78 is 0. The van der Waals surface area contributed by atoms with Gasteiger partial charge in [-0.3, -0.25) is 4.79 Å². The highest BCUT2D eigenvalue weighted by molar-refractivity contribution is 5.83. The van der Waals surface area contributed by atoms with Crippen LogP contribution in [0.3, 0.4) is 0 Å². The molecule has 0 spiro atoms. The Morgan fingerprint density at radius 1 is 1.36 bits per heavy atom. The normalized spacial score (nSPS) is 14.9. The molecule has 0 aliphatic heterocycles. The molecule has 0 radical (unpaired) electrons. The fourth-order valence-corrected chi connectivity index (χ4v) is 1.04. The van der Waals surface area contributed by atoms with Gasteiger partial charge in [-0.25, -0.2) is 4.79 Å². The molecule has 14 heavy (non-hydrogen) atoms. The van der Waals surface area contributed by atoms with Crippen LogP contribution in [-0.2, 0) is 9.59 Å². The highest BCUT2D eigenvalue weighted by Gasteiger charge is 2.23. The van der Waals surface area contributed by atoms with E-state index in [1.807, 2.05) is 0 Å². The third-order valence-electron chi connectivity index (χ3n) is 1.76. The van der Waals surface area contributed by atoms with Gasteiger partial charge < -0.3 is 16.2 Å². The number of carboxylic acids is 1. The molecule has 0 aliphatic carbocycles. The minimum Gasteiger partial charge on any atom is -0.480 e. The van der Waals surface area contributed by atoms with Crippen molar-refractivity contribution >= 4 is 11.9 Å². The van der Waals surface area contributed by atoms with E-state index in [0.29, 0.717) is 0 Å². The van der Waals surface area contributed by atoms with Gasteiger partial charge in [0.1, 0.15) is 6.04 Å². The second-order valence-corrected chi connectivity index (χ2v) is 3.81. The lowest BCUT2D eigenvalue weighted by atomic mass is 10.0. The maximum absolute atomic E-state index is 11.2. The summed E-state index contributed by atoms with van der Waals surface area (Å²) in [5.41, 5.74) is 5.41. The van der Waals surface area contributed by atoms with Gasteiger partial charge in [-0.1, -0.05) is 13.8 Å². The van der Waals surface area contributed by atoms with Crippen LogP contribution in [0.25, 0.3) is 0 Å². The largest absolute Gasteiger partial charge is 0.480 e. The first-order chi connectivity index (χ1) is 6.34. The molecular weight excluding hydrogens is 184 g/mol. The number of hydrogen-bond acceptors (Lipinski definition) is 3. The zero-order valence-corrected chi connectivity index (χ0v) is 8.78. The van der Waals surface area contributed by atoms with Gasteiger partial charge in [-0.2, -0.15) is 0 Å². The first-order valence-electron chi connectivity index (χ1n) is 4.62. The minimum absolute atomic E-state index is 0.135. The molecule has 0 bridgehead atoms. The predicted molar refractivity (Wildman–Crippen MR) is 52.7 cm³/mol. The Bertz CT molecular complexity index is 214. The molecule has 1 amide bonds. The second-order valence-electron chi connectivity index (χ2n) is 3.81. The topological polar surface area (TPSA) is 92.4 Å². The quantitative estimate of drug-likeness (QED) is 0.582. The van der Waals surface area contributed by atoms with Crippen molar-refractivity contribution in [1.82, 2.24) is 5.32 Å². The van der Waals surface area contributed by atoms with Gasteiger partial charge in [0, 0.05) is 12.5 Å². The highest BCUT2D eigenvalue weighted by Crippen LogP contribution is 2.02. The smallest absolute Gasteiger partial charge is 0.326 e. The van der Waals surface area contributed by atoms with Crippen LogP contribution >= 0.6 is 0 Å². The van der Waals surface area contributed by atoms with Crippen LogP contribution in [0.2, 0.25) is 0 Å². The molecule has 2 atom stereocenters. The molecule has 0 aliphatic rings. The second kappa shape index (κ2) is 5.59. The average molecular weight is 202 g/mol. The Hall–Kier alpha value is -1.10. The third kappa shape index (κ3) is 4.81. The van der Waals surface area contributed by atoms with Gasteiger partial charge in [-0.05, 0) is 12.8 Å². The van der Waals surface area contributed by atoms with Gasteiger partial charge in [-0.15, -0.1) is 0 Å². The SMILES string of the molecule is CC(N)CC(=O)N[C@@H](C(=O)O)C(C)C. The molecule has 0 rings (SSSR count). The van der Waals surface area contributed by atoms with Crippen molar-refractivity contribution in [3.8, 4) is 0 Å². The van der Waals surface area contributed by atoms with E-state index in [0.717, 1.165) is 0 Å². The molecule has 1 unspecified atom stereocenters. The van der Waals surface area contributed by atoms with E-state index in [1.165, 1.54) is 0 Å². The number of hydrogen-bond donors (Lipinski definition) is 3. The third-order valence-corrected chi connectivity index (χ3v) is 1.76. The summed E-state index contributed by atoms with van der Waals surface area (Å²) in [5.74, 6) is -1.47. The standard InChI is InChI=1S/C9H18N2O3/c1-5(2)8(9(13)14)11-7(12)4-6(3)10/h5-6,8H,4,10H2,1-3H3,(H,11,12)(H,13,14)/t6?,8-/m1/s1. The first-order valence-corrected chi connectivity index (χ1v) is 4.62. The van der Waals surface area contributed by atoms with Gasteiger partial charge >= 0.3 is 5.97 Å². The van der Waals surface area contributed by atoms with E-state index in [4.69, 9.17) is 10.8 Å². The number of rotatable bonds is 5. The Balaban J connectivity index is 4.17. The number of carboxylic acid groups (broad SMARTS) is 1. The maximum Gasteiger partial charge on any atom is 0.326 e. The summed E-state index contributed by atoms with van der Waals surface area (Å²) in [5, 5.41) is 11.2. The molecule has 4 N–H and O–H groups in total. The monoisotopic (exact) mass is 202 g/mol. The summed E-state index contributed by atoms with van der Waals surface area (Å²) in [6.45, 7) is 5.18. The summed E-state index contributed by atoms with van der Waals surface area (Å²) in [6, 6.07) is -1.09. The fourth-order valence-electron chi connectivity index (χ4n) is 1.04. The van der Waals surface area contributed by atoms with E-state index in [-0.39, 0.29) is 24.3 Å². The average Bonchev–Trinajstić information content (AvgIpc) is 1.97. The van der Waals surface area contributed by atoms with Gasteiger partial charge in [0.05, 0.1) is 0 Å². The molecule has 0 aromatic heterocycles. The molecule has 82 valence electrons. The fraction of sp³-hybridized carbons (Fsp3) is 0.778. The zero-order chi connectivity index (χ0) is 11.3. The van der Waals surface area contributed by atoms with E-state index in [9.17, 15) is 9.59 Å². The molecule has 0 saturated carbocycles. The van der Waals surface area contributed by atoms with Crippen LogP contribution in [0.15, 0.2) is 0 Å². The Kier molecular flexibility index (Phi) is 5.15. The van der Waals surface area contributed by atoms with E-state index < -0.39 is 12.0 Å². The van der Waals surface area contributed by atoms with Gasteiger partial charge in [0.15, 0.2) is 0 Å². The van der Waals surface area contributed by atoms with Crippen LogP contribution in [0.5, 0.6) is 0 Å². The summed E-state index contributed by atoms with van der Waals surface area (Å²) in [7, 11) is 0. The molecular formula is C9H18N2O3. The molecule has 0 aromatic carbocycles. The van der Waals surface area contributed by atoms with E-state index >= 15 is 0 Å². The summed E-state index contributed by atoms with van der Waals surface area (Å²) in [6.07, 6.45) is 0.149. The lowest BCUT2D eigenvalue weighted by Gasteiger charge is -2.18. The first kappa shape index (κ1) is 12.9. The number of carbonyl (C=O) groups is 2. The molecule has 0 saturated heterocycles. The van der Waals surface area contributed by atoms with Crippen LogP contribution in [0, 0.1) is 5.92 Å². The van der Waals surface area contributed by atoms with E-state index in [2.05, 4.69) is 5.32 Å². The van der Waals surface area contributed by atoms with Gasteiger partial charge in [0.25, 0.3) is 0 Å². The van der Waals surface area contributed by atoms with Crippen molar-refractivity contribution in [3.63, 3.8) is 0 Å². The Labute approximate surface area is 83.7 Å². The number of carbonyl (C=O) groups excluding carboxylic acids is 1. The van der Waals surface area contributed by atoms with Crippen LogP contribution < -0.4 is 11.1 Å². The number of nitrogens with two attached hydrogens (primary N) is 1. The summed E-state index contributed by atoms with van der Waals surface area (Å²) >= 11 is 0. The maximum atomic E-state index is 11.2.